The summed E-state index contributed by atoms with van der Waals surface area (Å²) in [7, 11) is 0. The van der Waals surface area contributed by atoms with Crippen molar-refractivity contribution in [3.63, 3.8) is 0 Å². The fraction of sp³-hybridized carbons (Fsp3) is 0.500. The maximum absolute atomic E-state index is 10.0. The van der Waals surface area contributed by atoms with Crippen LogP contribution in [0, 0.1) is 16.7 Å². The van der Waals surface area contributed by atoms with E-state index < -0.39 is 11.5 Å². The maximum atomic E-state index is 10.0. The fourth-order valence-corrected chi connectivity index (χ4v) is 2.17. The van der Waals surface area contributed by atoms with E-state index in [2.05, 4.69) is 22.0 Å². The number of rotatable bonds is 2. The fourth-order valence-electron chi connectivity index (χ4n) is 1.76. The van der Waals surface area contributed by atoms with Gasteiger partial charge in [0, 0.05) is 0 Å². The molecule has 4 heteroatoms. The summed E-state index contributed by atoms with van der Waals surface area (Å²) in [6, 6.07) is 3.92. The zero-order valence-electron chi connectivity index (χ0n) is 7.53. The monoisotopic (exact) mass is 255 g/mol. The van der Waals surface area contributed by atoms with Gasteiger partial charge in [-0.3, -0.25) is 0 Å². The molecule has 0 spiro atoms. The van der Waals surface area contributed by atoms with Gasteiger partial charge in [-0.2, -0.15) is 5.26 Å². The normalized spacial score (nSPS) is 20.9. The van der Waals surface area contributed by atoms with Gasteiger partial charge in [0.2, 0.25) is 0 Å². The number of furan rings is 1. The van der Waals surface area contributed by atoms with Crippen molar-refractivity contribution in [1.82, 2.24) is 0 Å². The van der Waals surface area contributed by atoms with Gasteiger partial charge in [-0.25, -0.2) is 0 Å². The molecular formula is C10H10BrNO2. The van der Waals surface area contributed by atoms with E-state index in [9.17, 15) is 5.11 Å². The van der Waals surface area contributed by atoms with Gasteiger partial charge in [0.25, 0.3) is 0 Å². The van der Waals surface area contributed by atoms with Crippen LogP contribution in [0.2, 0.25) is 0 Å². The molecule has 1 aromatic rings. The van der Waals surface area contributed by atoms with Crippen LogP contribution in [0.3, 0.4) is 0 Å². The van der Waals surface area contributed by atoms with Crippen molar-refractivity contribution >= 4 is 15.9 Å². The van der Waals surface area contributed by atoms with Gasteiger partial charge < -0.3 is 9.52 Å². The quantitative estimate of drug-likeness (QED) is 0.885. The van der Waals surface area contributed by atoms with E-state index >= 15 is 0 Å². The second kappa shape index (κ2) is 3.41. The molecule has 14 heavy (non-hydrogen) atoms. The summed E-state index contributed by atoms with van der Waals surface area (Å²) in [4.78, 5) is 0. The van der Waals surface area contributed by atoms with E-state index in [0.717, 1.165) is 23.7 Å². The summed E-state index contributed by atoms with van der Waals surface area (Å²) in [5, 5.41) is 19.0. The van der Waals surface area contributed by atoms with Crippen LogP contribution < -0.4 is 0 Å². The zero-order valence-corrected chi connectivity index (χ0v) is 9.12. The lowest BCUT2D eigenvalue weighted by Gasteiger charge is -2.38. The Hall–Kier alpha value is -0.790. The van der Waals surface area contributed by atoms with E-state index in [1.165, 1.54) is 6.26 Å². The molecule has 1 heterocycles. The number of nitriles is 1. The average Bonchev–Trinajstić information content (AvgIpc) is 2.50. The molecule has 0 aliphatic heterocycles. The van der Waals surface area contributed by atoms with E-state index in [4.69, 9.17) is 9.68 Å². The largest absolute Gasteiger partial charge is 0.465 e. The molecule has 1 unspecified atom stereocenters. The third kappa shape index (κ3) is 1.28. The van der Waals surface area contributed by atoms with Gasteiger partial charge in [-0.15, -0.1) is 0 Å². The molecule has 0 amide bonds. The van der Waals surface area contributed by atoms with Gasteiger partial charge in [0.15, 0.2) is 0 Å². The molecule has 1 aliphatic carbocycles. The Bertz CT molecular complexity index is 376. The van der Waals surface area contributed by atoms with Gasteiger partial charge >= 0.3 is 0 Å². The standard InChI is InChI=1S/C10H10BrNO2/c11-7-2-5-14-8(7)9(13)10(6-12)3-1-4-10/h2,5,9,13H,1,3-4H2. The predicted octanol–water partition coefficient (Wildman–Crippen LogP) is 2.77. The number of nitrogens with zero attached hydrogens (tertiary/aromatic N) is 1. The molecular weight excluding hydrogens is 246 g/mol. The highest BCUT2D eigenvalue weighted by Gasteiger charge is 2.46. The van der Waals surface area contributed by atoms with Gasteiger partial charge in [-0.1, -0.05) is 6.42 Å². The van der Waals surface area contributed by atoms with E-state index in [0.29, 0.717) is 5.76 Å². The van der Waals surface area contributed by atoms with Crippen molar-refractivity contribution in [2.75, 3.05) is 0 Å². The minimum Gasteiger partial charge on any atom is -0.465 e. The highest BCUT2D eigenvalue weighted by molar-refractivity contribution is 9.10. The second-order valence-electron chi connectivity index (χ2n) is 3.66. The van der Waals surface area contributed by atoms with Crippen molar-refractivity contribution < 1.29 is 9.52 Å². The summed E-state index contributed by atoms with van der Waals surface area (Å²) in [5.74, 6) is 0.464. The number of aliphatic hydroxyl groups is 1. The first-order chi connectivity index (χ1) is 6.69. The van der Waals surface area contributed by atoms with Crippen molar-refractivity contribution in [3.05, 3.63) is 22.6 Å². The van der Waals surface area contributed by atoms with Crippen LogP contribution in [0.15, 0.2) is 21.2 Å². The highest BCUT2D eigenvalue weighted by atomic mass is 79.9. The van der Waals surface area contributed by atoms with Gasteiger partial charge in [0.05, 0.1) is 22.2 Å². The first-order valence-electron chi connectivity index (χ1n) is 4.52. The maximum Gasteiger partial charge on any atom is 0.148 e. The SMILES string of the molecule is N#CC1(C(O)c2occc2Br)CCC1. The summed E-state index contributed by atoms with van der Waals surface area (Å²) in [6.45, 7) is 0. The molecule has 1 N–H and O–H groups in total. The minimum absolute atomic E-state index is 0.464. The molecule has 1 aliphatic rings. The number of aliphatic hydroxyl groups excluding tert-OH is 1. The molecule has 2 rings (SSSR count). The minimum atomic E-state index is -0.814. The first kappa shape index (κ1) is 9.75. The molecule has 1 fully saturated rings. The van der Waals surface area contributed by atoms with Crippen molar-refractivity contribution in [3.8, 4) is 6.07 Å². The summed E-state index contributed by atoms with van der Waals surface area (Å²) < 4.78 is 5.89. The molecule has 1 atom stereocenters. The first-order valence-corrected chi connectivity index (χ1v) is 5.31. The molecule has 0 bridgehead atoms. The summed E-state index contributed by atoms with van der Waals surface area (Å²) in [6.07, 6.45) is 3.19. The van der Waals surface area contributed by atoms with E-state index in [1.807, 2.05) is 0 Å². The summed E-state index contributed by atoms with van der Waals surface area (Å²) in [5.41, 5.74) is -0.625. The topological polar surface area (TPSA) is 57.2 Å². The van der Waals surface area contributed by atoms with Crippen molar-refractivity contribution in [1.29, 1.82) is 5.26 Å². The van der Waals surface area contributed by atoms with Crippen molar-refractivity contribution in [2.45, 2.75) is 25.4 Å². The Balaban J connectivity index is 2.28. The average molecular weight is 256 g/mol. The Kier molecular flexibility index (Phi) is 2.38. The third-order valence-electron chi connectivity index (χ3n) is 2.88. The number of hydrogen-bond acceptors (Lipinski definition) is 3. The Labute approximate surface area is 90.5 Å². The summed E-state index contributed by atoms with van der Waals surface area (Å²) >= 11 is 3.28. The zero-order chi connectivity index (χ0) is 10.2. The lowest BCUT2D eigenvalue weighted by molar-refractivity contribution is -0.00691. The smallest absolute Gasteiger partial charge is 0.148 e. The van der Waals surface area contributed by atoms with Gasteiger partial charge in [0.1, 0.15) is 11.9 Å². The van der Waals surface area contributed by atoms with Crippen LogP contribution in [0.1, 0.15) is 31.1 Å². The molecule has 0 aromatic carbocycles. The molecule has 3 nitrogen and oxygen atoms in total. The van der Waals surface area contributed by atoms with E-state index in [1.54, 1.807) is 6.07 Å². The highest BCUT2D eigenvalue weighted by Crippen LogP contribution is 2.50. The molecule has 1 saturated carbocycles. The van der Waals surface area contributed by atoms with Crippen LogP contribution in [-0.2, 0) is 0 Å². The Morgan fingerprint density at radius 3 is 2.71 bits per heavy atom. The molecule has 0 saturated heterocycles. The van der Waals surface area contributed by atoms with Crippen molar-refractivity contribution in [2.24, 2.45) is 5.41 Å². The van der Waals surface area contributed by atoms with Gasteiger partial charge in [-0.05, 0) is 34.8 Å². The predicted molar refractivity (Wildman–Crippen MR) is 53.3 cm³/mol. The van der Waals surface area contributed by atoms with Crippen LogP contribution >= 0.6 is 15.9 Å². The lowest BCUT2D eigenvalue weighted by atomic mass is 9.65. The lowest BCUT2D eigenvalue weighted by Crippen LogP contribution is -2.34. The van der Waals surface area contributed by atoms with Crippen LogP contribution in [-0.4, -0.2) is 5.11 Å². The molecule has 74 valence electrons. The number of halogens is 1. The van der Waals surface area contributed by atoms with Crippen LogP contribution in [0.25, 0.3) is 0 Å². The Morgan fingerprint density at radius 2 is 2.36 bits per heavy atom. The second-order valence-corrected chi connectivity index (χ2v) is 4.51. The van der Waals surface area contributed by atoms with Crippen LogP contribution in [0.4, 0.5) is 0 Å². The Morgan fingerprint density at radius 1 is 1.64 bits per heavy atom. The van der Waals surface area contributed by atoms with Crippen LogP contribution in [0.5, 0.6) is 0 Å². The van der Waals surface area contributed by atoms with E-state index in [-0.39, 0.29) is 0 Å². The number of hydrogen-bond donors (Lipinski definition) is 1. The molecule has 0 radical (unpaired) electrons. The molecule has 1 aromatic heterocycles. The third-order valence-corrected chi connectivity index (χ3v) is 3.54.